The minimum absolute atomic E-state index is 0.0101. The van der Waals surface area contributed by atoms with Crippen LogP contribution < -0.4 is 0 Å². The highest BCUT2D eigenvalue weighted by Crippen LogP contribution is 2.19. The number of allylic oxidation sites excluding steroid dienone is 6. The van der Waals surface area contributed by atoms with Crippen LogP contribution in [0.15, 0.2) is 36.5 Å². The molecule has 0 radical (unpaired) electrons. The summed E-state index contributed by atoms with van der Waals surface area (Å²) in [5, 5.41) is 8.84. The lowest BCUT2D eigenvalue weighted by atomic mass is 10.0. The molecule has 0 fully saturated rings. The summed E-state index contributed by atoms with van der Waals surface area (Å²) in [4.78, 5) is 23.4. The van der Waals surface area contributed by atoms with Crippen LogP contribution in [0.2, 0.25) is 0 Å². The molecule has 0 bridgehead atoms. The molecule has 49 heavy (non-hydrogen) atoms. The fraction of sp³-hybridized carbons (Fsp3) is 0.822. The topological polar surface area (TPSA) is 63.6 Å². The second-order valence-corrected chi connectivity index (χ2v) is 14.5. The average Bonchev–Trinajstić information content (AvgIpc) is 3.09. The minimum atomic E-state index is -0.701. The van der Waals surface area contributed by atoms with Crippen LogP contribution in [0, 0.1) is 0 Å². The number of rotatable bonds is 39. The molecule has 1 unspecified atom stereocenters. The Hall–Kier alpha value is -1.84. The largest absolute Gasteiger partial charge is 0.481 e. The fourth-order valence-corrected chi connectivity index (χ4v) is 6.49. The van der Waals surface area contributed by atoms with Crippen molar-refractivity contribution in [3.8, 4) is 0 Å². The lowest BCUT2D eigenvalue weighted by molar-refractivity contribution is -0.150. The summed E-state index contributed by atoms with van der Waals surface area (Å²) in [5.41, 5.74) is 0. The molecular weight excluding hydrogens is 604 g/mol. The normalized spacial score (nSPS) is 12.5. The van der Waals surface area contributed by atoms with E-state index in [-0.39, 0.29) is 18.5 Å². The van der Waals surface area contributed by atoms with Crippen LogP contribution in [0.4, 0.5) is 0 Å². The number of hydrogen-bond acceptors (Lipinski definition) is 3. The molecule has 286 valence electrons. The molecule has 0 aliphatic carbocycles. The number of ether oxygens (including phenoxy) is 1. The van der Waals surface area contributed by atoms with E-state index in [1.165, 1.54) is 116 Å². The molecule has 0 rings (SSSR count). The van der Waals surface area contributed by atoms with E-state index in [4.69, 9.17) is 9.84 Å². The van der Waals surface area contributed by atoms with Gasteiger partial charge in [0.05, 0.1) is 0 Å². The number of carboxylic acids is 1. The van der Waals surface area contributed by atoms with Crippen molar-refractivity contribution in [2.75, 3.05) is 0 Å². The van der Waals surface area contributed by atoms with Gasteiger partial charge in [0.25, 0.3) is 0 Å². The molecule has 1 atom stereocenters. The van der Waals surface area contributed by atoms with E-state index in [1.807, 2.05) is 0 Å². The Bertz CT molecular complexity index is 783. The minimum Gasteiger partial charge on any atom is -0.481 e. The van der Waals surface area contributed by atoms with Crippen molar-refractivity contribution in [1.29, 1.82) is 0 Å². The third kappa shape index (κ3) is 40.5. The Morgan fingerprint density at radius 3 is 1.33 bits per heavy atom. The van der Waals surface area contributed by atoms with E-state index in [9.17, 15) is 9.59 Å². The number of aliphatic carboxylic acids is 1. The molecule has 4 heteroatoms. The standard InChI is InChI=1S/C45H82O4/c1-3-5-7-9-11-13-15-17-19-21-22-24-26-28-31-35-39-43(40-36-32-30-33-37-41-44(46)47)49-45(48)42-38-34-29-27-25-23-20-18-16-14-12-10-8-6-4-2/h6,8,12,14,18,20,43H,3-5,7,9-11,13,15-17,19,21-42H2,1-2H3,(H,46,47)/b8-6-,14-12-,20-18-. The van der Waals surface area contributed by atoms with Crippen molar-refractivity contribution >= 4 is 11.9 Å². The molecule has 0 aliphatic rings. The third-order valence-electron chi connectivity index (χ3n) is 9.63. The maximum atomic E-state index is 12.7. The zero-order chi connectivity index (χ0) is 35.7. The van der Waals surface area contributed by atoms with E-state index < -0.39 is 5.97 Å². The molecule has 0 saturated carbocycles. The first-order valence-corrected chi connectivity index (χ1v) is 21.5. The lowest BCUT2D eigenvalue weighted by Crippen LogP contribution is -2.18. The number of esters is 1. The fourth-order valence-electron chi connectivity index (χ4n) is 6.49. The molecule has 0 aromatic heterocycles. The van der Waals surface area contributed by atoms with Crippen molar-refractivity contribution in [2.24, 2.45) is 0 Å². The molecule has 0 heterocycles. The number of carbonyl (C=O) groups excluding carboxylic acids is 1. The quantitative estimate of drug-likeness (QED) is 0.0397. The maximum Gasteiger partial charge on any atom is 0.306 e. The number of carboxylic acid groups (broad SMARTS) is 1. The van der Waals surface area contributed by atoms with Crippen molar-refractivity contribution in [2.45, 2.75) is 238 Å². The molecule has 0 spiro atoms. The van der Waals surface area contributed by atoms with E-state index >= 15 is 0 Å². The van der Waals surface area contributed by atoms with Crippen LogP contribution in [-0.2, 0) is 14.3 Å². The first-order valence-electron chi connectivity index (χ1n) is 21.5. The highest BCUT2D eigenvalue weighted by molar-refractivity contribution is 5.69. The smallest absolute Gasteiger partial charge is 0.306 e. The molecule has 0 aliphatic heterocycles. The van der Waals surface area contributed by atoms with E-state index in [1.54, 1.807) is 0 Å². The van der Waals surface area contributed by atoms with E-state index in [2.05, 4.69) is 50.3 Å². The Labute approximate surface area is 305 Å². The Morgan fingerprint density at radius 2 is 0.857 bits per heavy atom. The van der Waals surface area contributed by atoms with Crippen molar-refractivity contribution < 1.29 is 19.4 Å². The van der Waals surface area contributed by atoms with Crippen molar-refractivity contribution in [3.63, 3.8) is 0 Å². The first-order chi connectivity index (χ1) is 24.1. The Kier molecular flexibility index (Phi) is 39.1. The second-order valence-electron chi connectivity index (χ2n) is 14.5. The predicted octanol–water partition coefficient (Wildman–Crippen LogP) is 15.0. The van der Waals surface area contributed by atoms with Crippen molar-refractivity contribution in [3.05, 3.63) is 36.5 Å². The van der Waals surface area contributed by atoms with Gasteiger partial charge in [-0.15, -0.1) is 0 Å². The zero-order valence-corrected chi connectivity index (χ0v) is 32.8. The summed E-state index contributed by atoms with van der Waals surface area (Å²) in [6, 6.07) is 0. The van der Waals surface area contributed by atoms with Crippen LogP contribution in [0.25, 0.3) is 0 Å². The number of unbranched alkanes of at least 4 members (excludes halogenated alkanes) is 24. The van der Waals surface area contributed by atoms with Crippen LogP contribution in [0.5, 0.6) is 0 Å². The van der Waals surface area contributed by atoms with Gasteiger partial charge in [0.1, 0.15) is 6.10 Å². The maximum absolute atomic E-state index is 12.7. The van der Waals surface area contributed by atoms with Crippen LogP contribution in [0.1, 0.15) is 232 Å². The summed E-state index contributed by atoms with van der Waals surface area (Å²) < 4.78 is 6.02. The monoisotopic (exact) mass is 687 g/mol. The molecule has 0 aromatic rings. The number of carbonyl (C=O) groups is 2. The second kappa shape index (κ2) is 40.6. The van der Waals surface area contributed by atoms with Gasteiger partial charge in [0, 0.05) is 12.8 Å². The van der Waals surface area contributed by atoms with Gasteiger partial charge < -0.3 is 9.84 Å². The average molecular weight is 687 g/mol. The summed E-state index contributed by atoms with van der Waals surface area (Å²) >= 11 is 0. The third-order valence-corrected chi connectivity index (χ3v) is 9.63. The van der Waals surface area contributed by atoms with Gasteiger partial charge in [0.15, 0.2) is 0 Å². The molecule has 0 amide bonds. The lowest BCUT2D eigenvalue weighted by Gasteiger charge is -2.18. The highest BCUT2D eigenvalue weighted by atomic mass is 16.5. The molecule has 0 aromatic carbocycles. The molecular formula is C45H82O4. The van der Waals surface area contributed by atoms with Gasteiger partial charge in [-0.25, -0.2) is 0 Å². The number of hydrogen-bond donors (Lipinski definition) is 1. The Balaban J connectivity index is 4.04. The first kappa shape index (κ1) is 47.2. The molecule has 0 saturated heterocycles. The van der Waals surface area contributed by atoms with Gasteiger partial charge in [-0.3, -0.25) is 9.59 Å². The summed E-state index contributed by atoms with van der Waals surface area (Å²) in [6.45, 7) is 4.45. The summed E-state index contributed by atoms with van der Waals surface area (Å²) in [6.07, 6.45) is 53.1. The summed E-state index contributed by atoms with van der Waals surface area (Å²) in [7, 11) is 0. The Morgan fingerprint density at radius 1 is 0.469 bits per heavy atom. The molecule has 4 nitrogen and oxygen atoms in total. The van der Waals surface area contributed by atoms with E-state index in [0.29, 0.717) is 6.42 Å². The van der Waals surface area contributed by atoms with Crippen LogP contribution in [-0.4, -0.2) is 23.1 Å². The van der Waals surface area contributed by atoms with Gasteiger partial charge in [-0.05, 0) is 70.6 Å². The van der Waals surface area contributed by atoms with Crippen LogP contribution in [0.3, 0.4) is 0 Å². The summed E-state index contributed by atoms with van der Waals surface area (Å²) in [5.74, 6) is -0.711. The highest BCUT2D eigenvalue weighted by Gasteiger charge is 2.14. The van der Waals surface area contributed by atoms with E-state index in [0.717, 1.165) is 89.9 Å². The zero-order valence-electron chi connectivity index (χ0n) is 32.8. The van der Waals surface area contributed by atoms with Gasteiger partial charge in [-0.2, -0.15) is 0 Å². The van der Waals surface area contributed by atoms with Gasteiger partial charge in [0.2, 0.25) is 0 Å². The van der Waals surface area contributed by atoms with Gasteiger partial charge in [-0.1, -0.05) is 185 Å². The van der Waals surface area contributed by atoms with Crippen LogP contribution >= 0.6 is 0 Å². The predicted molar refractivity (Wildman–Crippen MR) is 213 cm³/mol. The SMILES string of the molecule is CC/C=C\C/C=C\C/C=C\CCCCCCCC(=O)OC(CCCCCCCCCCCCCCCCCC)CCCCCCCC(=O)O. The molecule has 1 N–H and O–H groups in total. The van der Waals surface area contributed by atoms with Gasteiger partial charge >= 0.3 is 11.9 Å². The van der Waals surface area contributed by atoms with Crippen molar-refractivity contribution in [1.82, 2.24) is 0 Å².